The van der Waals surface area contributed by atoms with E-state index in [1.165, 1.54) is 0 Å². The van der Waals surface area contributed by atoms with E-state index in [1.807, 2.05) is 103 Å². The Bertz CT molecular complexity index is 4290. The van der Waals surface area contributed by atoms with Crippen molar-refractivity contribution in [3.63, 3.8) is 0 Å². The summed E-state index contributed by atoms with van der Waals surface area (Å²) >= 11 is 0. The Morgan fingerprint density at radius 2 is 0.864 bits per heavy atom. The van der Waals surface area contributed by atoms with Crippen LogP contribution in [0.25, 0.3) is 133 Å². The highest BCUT2D eigenvalue weighted by molar-refractivity contribution is 6.39. The molecule has 9 aromatic carbocycles. The topological polar surface area (TPSA) is 98.6 Å². The first-order valence-corrected chi connectivity index (χ1v) is 21.8. The molecule has 0 spiro atoms. The van der Waals surface area contributed by atoms with Gasteiger partial charge in [0.1, 0.15) is 28.4 Å². The summed E-state index contributed by atoms with van der Waals surface area (Å²) < 4.78 is 18.7. The van der Waals surface area contributed by atoms with E-state index in [2.05, 4.69) is 106 Å². The molecule has 8 heteroatoms. The molecule has 306 valence electrons. The lowest BCUT2D eigenvalue weighted by Gasteiger charge is -2.15. The number of aromatic nitrogens is 5. The quantitative estimate of drug-likeness (QED) is 0.171. The predicted octanol–water partition coefficient (Wildman–Crippen LogP) is 14.7. The second-order valence-corrected chi connectivity index (χ2v) is 16.6. The van der Waals surface area contributed by atoms with Crippen LogP contribution in [0.1, 0.15) is 5.56 Å². The lowest BCUT2D eigenvalue weighted by molar-refractivity contribution is 0.669. The number of furan rings is 2. The fourth-order valence-corrected chi connectivity index (χ4v) is 10.3. The molecule has 0 saturated heterocycles. The summed E-state index contributed by atoms with van der Waals surface area (Å²) in [7, 11) is 0. The summed E-state index contributed by atoms with van der Waals surface area (Å²) in [5.41, 5.74) is 11.2. The van der Waals surface area contributed by atoms with Crippen LogP contribution in [0, 0.1) is 11.3 Å². The second kappa shape index (κ2) is 13.8. The third-order valence-electron chi connectivity index (χ3n) is 13.0. The van der Waals surface area contributed by atoms with Crippen LogP contribution in [0.4, 0.5) is 0 Å². The molecular weight excluding hydrogens is 813 g/mol. The van der Waals surface area contributed by atoms with Crippen molar-refractivity contribution in [3.05, 3.63) is 200 Å². The zero-order valence-electron chi connectivity index (χ0n) is 35.0. The molecule has 14 rings (SSSR count). The van der Waals surface area contributed by atoms with Crippen LogP contribution in [-0.2, 0) is 0 Å². The molecular formula is C58H32N6O2. The van der Waals surface area contributed by atoms with Crippen molar-refractivity contribution in [1.82, 2.24) is 24.1 Å². The van der Waals surface area contributed by atoms with Crippen LogP contribution in [0.3, 0.4) is 0 Å². The van der Waals surface area contributed by atoms with Gasteiger partial charge in [0, 0.05) is 43.7 Å². The van der Waals surface area contributed by atoms with Gasteiger partial charge in [0.25, 0.3) is 0 Å². The Hall–Kier alpha value is -9.32. The van der Waals surface area contributed by atoms with Gasteiger partial charge in [-0.05, 0) is 42.5 Å². The minimum absolute atomic E-state index is 0.398. The lowest BCUT2D eigenvalue weighted by atomic mass is 10.00. The van der Waals surface area contributed by atoms with E-state index in [0.717, 1.165) is 93.1 Å². The van der Waals surface area contributed by atoms with E-state index in [-0.39, 0.29) is 0 Å². The fourth-order valence-electron chi connectivity index (χ4n) is 10.3. The summed E-state index contributed by atoms with van der Waals surface area (Å²) in [5.74, 6) is 1.43. The highest BCUT2D eigenvalue weighted by atomic mass is 16.3. The van der Waals surface area contributed by atoms with E-state index >= 15 is 0 Å². The Labute approximate surface area is 375 Å². The number of rotatable bonds is 5. The molecule has 0 fully saturated rings. The minimum Gasteiger partial charge on any atom is -0.455 e. The lowest BCUT2D eigenvalue weighted by Crippen LogP contribution is -2.03. The van der Waals surface area contributed by atoms with Gasteiger partial charge in [-0.3, -0.25) is 0 Å². The van der Waals surface area contributed by atoms with Crippen LogP contribution >= 0.6 is 0 Å². The second-order valence-electron chi connectivity index (χ2n) is 16.6. The smallest absolute Gasteiger partial charge is 0.167 e. The molecule has 5 heterocycles. The molecule has 5 aromatic heterocycles. The van der Waals surface area contributed by atoms with Crippen LogP contribution < -0.4 is 0 Å². The molecule has 0 aliphatic carbocycles. The maximum Gasteiger partial charge on any atom is 0.167 e. The van der Waals surface area contributed by atoms with E-state index in [0.29, 0.717) is 45.5 Å². The number of nitriles is 1. The summed E-state index contributed by atoms with van der Waals surface area (Å²) in [4.78, 5) is 15.2. The number of hydrogen-bond donors (Lipinski definition) is 0. The predicted molar refractivity (Wildman–Crippen MR) is 264 cm³/mol. The summed E-state index contributed by atoms with van der Waals surface area (Å²) in [5, 5.41) is 19.4. The van der Waals surface area contributed by atoms with E-state index < -0.39 is 0 Å². The maximum absolute atomic E-state index is 11.6. The van der Waals surface area contributed by atoms with Crippen molar-refractivity contribution in [2.75, 3.05) is 0 Å². The first-order valence-electron chi connectivity index (χ1n) is 21.8. The van der Waals surface area contributed by atoms with Gasteiger partial charge in [0.05, 0.1) is 55.0 Å². The zero-order valence-corrected chi connectivity index (χ0v) is 35.0. The highest BCUT2D eigenvalue weighted by Gasteiger charge is 2.31. The number of fused-ring (bicyclic) bond motifs is 15. The molecule has 0 atom stereocenters. The van der Waals surface area contributed by atoms with Crippen LogP contribution in [0.2, 0.25) is 0 Å². The Morgan fingerprint density at radius 1 is 0.409 bits per heavy atom. The third-order valence-corrected chi connectivity index (χ3v) is 13.0. The average Bonchev–Trinajstić information content (AvgIpc) is 4.15. The van der Waals surface area contributed by atoms with Crippen LogP contribution in [0.5, 0.6) is 0 Å². The van der Waals surface area contributed by atoms with Crippen LogP contribution in [-0.4, -0.2) is 24.1 Å². The molecule has 8 nitrogen and oxygen atoms in total. The summed E-state index contributed by atoms with van der Waals surface area (Å²) in [6, 6.07) is 68.2. The molecule has 0 unspecified atom stereocenters. The standard InChI is InChI=1S/C58H32N6O2/c59-33-36-32-42(58-61-56(34-18-4-1-5-19-34)60-57(62-58)35-20-6-2-7-21-35)54-49(40-26-12-16-30-45(40)65-54)51(36)64-44-29-15-10-24-38(44)47-52-48(55-50(53(47)64)41-27-13-17-31-46(41)66-55)39-25-11-14-28-43(39)63(52)37-22-8-3-9-23-37/h1-32H. The van der Waals surface area contributed by atoms with Crippen LogP contribution in [0.15, 0.2) is 203 Å². The molecule has 0 saturated carbocycles. The van der Waals surface area contributed by atoms with Crippen molar-refractivity contribution >= 4 is 87.5 Å². The van der Waals surface area contributed by atoms with E-state index in [1.54, 1.807) is 0 Å². The van der Waals surface area contributed by atoms with Crippen molar-refractivity contribution < 1.29 is 8.83 Å². The first kappa shape index (κ1) is 36.2. The maximum atomic E-state index is 11.6. The molecule has 0 amide bonds. The largest absolute Gasteiger partial charge is 0.455 e. The van der Waals surface area contributed by atoms with Gasteiger partial charge in [-0.25, -0.2) is 15.0 Å². The minimum atomic E-state index is 0.398. The van der Waals surface area contributed by atoms with Gasteiger partial charge in [-0.2, -0.15) is 5.26 Å². The molecule has 14 aromatic rings. The molecule has 0 radical (unpaired) electrons. The van der Waals surface area contributed by atoms with Gasteiger partial charge < -0.3 is 18.0 Å². The van der Waals surface area contributed by atoms with E-state index in [9.17, 15) is 5.26 Å². The number of benzene rings is 9. The zero-order chi connectivity index (χ0) is 43.5. The third kappa shape index (κ3) is 5.05. The van der Waals surface area contributed by atoms with Gasteiger partial charge in [0.15, 0.2) is 17.5 Å². The summed E-state index contributed by atoms with van der Waals surface area (Å²) in [6.07, 6.45) is 0. The van der Waals surface area contributed by atoms with Crippen molar-refractivity contribution in [1.29, 1.82) is 5.26 Å². The monoisotopic (exact) mass is 844 g/mol. The Morgan fingerprint density at radius 3 is 1.48 bits per heavy atom. The number of nitrogens with zero attached hydrogens (tertiary/aromatic N) is 6. The van der Waals surface area contributed by atoms with Gasteiger partial charge in [-0.1, -0.05) is 152 Å². The van der Waals surface area contributed by atoms with Gasteiger partial charge in [-0.15, -0.1) is 0 Å². The fraction of sp³-hybridized carbons (Fsp3) is 0. The highest BCUT2D eigenvalue weighted by Crippen LogP contribution is 2.51. The molecule has 66 heavy (non-hydrogen) atoms. The average molecular weight is 845 g/mol. The normalized spacial score (nSPS) is 11.9. The summed E-state index contributed by atoms with van der Waals surface area (Å²) in [6.45, 7) is 0. The number of hydrogen-bond acceptors (Lipinski definition) is 6. The first-order chi connectivity index (χ1) is 32.7. The molecule has 0 aliphatic heterocycles. The molecule has 0 aliphatic rings. The Balaban J connectivity index is 1.19. The van der Waals surface area contributed by atoms with Gasteiger partial charge in [0.2, 0.25) is 0 Å². The van der Waals surface area contributed by atoms with Crippen molar-refractivity contribution in [2.45, 2.75) is 0 Å². The SMILES string of the molecule is N#Cc1cc(-c2nc(-c3ccccc3)nc(-c3ccccc3)n2)c2oc3ccccc3c2c1-n1c2ccccc2c2c3c(c4ccccc4n3-c3ccccc3)c3oc4ccccc4c3c21. The van der Waals surface area contributed by atoms with Crippen molar-refractivity contribution in [2.24, 2.45) is 0 Å². The Kier molecular flexibility index (Phi) is 7.59. The molecule has 0 N–H and O–H groups in total. The van der Waals surface area contributed by atoms with E-state index in [4.69, 9.17) is 23.8 Å². The number of para-hydroxylation sites is 5. The van der Waals surface area contributed by atoms with Crippen molar-refractivity contribution in [3.8, 4) is 51.6 Å². The van der Waals surface area contributed by atoms with Gasteiger partial charge >= 0.3 is 0 Å². The molecule has 0 bridgehead atoms.